The van der Waals surface area contributed by atoms with Gasteiger partial charge < -0.3 is 19.3 Å². The van der Waals surface area contributed by atoms with Gasteiger partial charge in [-0.15, -0.1) is 0 Å². The zero-order chi connectivity index (χ0) is 39.9. The fraction of sp³-hybridized carbons (Fsp3) is 0.513. The average molecular weight is 771 g/mol. The number of aliphatic carboxylic acids is 1. The van der Waals surface area contributed by atoms with E-state index >= 15 is 8.78 Å². The Morgan fingerprint density at radius 3 is 2.13 bits per heavy atom. The SMILES string of the molecule is Cc1ccc(OC2CC2)c(C)c1-c1cc(C(F)(F)F)c(F)c([C@H](CC(=O)O)CC(=O)C(CC(C)C)n2cc(CCN3CCC3)c(C(F)(F)F)cc2=O)c1F. The van der Waals surface area contributed by atoms with E-state index in [1.807, 2.05) is 4.90 Å². The molecule has 1 aromatic heterocycles. The molecular formula is C39H42F8N2O5. The van der Waals surface area contributed by atoms with Crippen LogP contribution in [0.4, 0.5) is 35.1 Å². The number of carboxylic acid groups (broad SMARTS) is 1. The topological polar surface area (TPSA) is 88.8 Å². The number of ether oxygens (including phenoxy) is 1. The van der Waals surface area contributed by atoms with Gasteiger partial charge in [0.1, 0.15) is 17.4 Å². The monoisotopic (exact) mass is 770 g/mol. The Kier molecular flexibility index (Phi) is 12.0. The van der Waals surface area contributed by atoms with Gasteiger partial charge >= 0.3 is 18.3 Å². The van der Waals surface area contributed by atoms with E-state index in [9.17, 15) is 45.8 Å². The molecule has 294 valence electrons. The van der Waals surface area contributed by atoms with E-state index in [0.29, 0.717) is 30.8 Å². The number of ketones is 1. The normalized spacial score (nSPS) is 16.3. The molecule has 0 radical (unpaired) electrons. The quantitative estimate of drug-likeness (QED) is 0.155. The first-order valence-corrected chi connectivity index (χ1v) is 17.8. The fourth-order valence-electron chi connectivity index (χ4n) is 7.03. The summed E-state index contributed by atoms with van der Waals surface area (Å²) in [5, 5.41) is 9.83. The summed E-state index contributed by atoms with van der Waals surface area (Å²) in [6.07, 6.45) is -9.58. The van der Waals surface area contributed by atoms with Gasteiger partial charge in [0.05, 0.1) is 29.7 Å². The van der Waals surface area contributed by atoms with E-state index < -0.39 is 88.4 Å². The van der Waals surface area contributed by atoms with Crippen LogP contribution in [0, 0.1) is 31.4 Å². The molecule has 0 amide bonds. The molecule has 0 spiro atoms. The number of pyridine rings is 1. The van der Waals surface area contributed by atoms with Gasteiger partial charge in [0, 0.05) is 42.3 Å². The van der Waals surface area contributed by atoms with Crippen molar-refractivity contribution in [1.29, 1.82) is 0 Å². The minimum atomic E-state index is -5.37. The summed E-state index contributed by atoms with van der Waals surface area (Å²) in [7, 11) is 0. The molecule has 7 nitrogen and oxygen atoms in total. The van der Waals surface area contributed by atoms with Gasteiger partial charge in [-0.3, -0.25) is 14.4 Å². The van der Waals surface area contributed by atoms with Gasteiger partial charge in [-0.25, -0.2) is 8.78 Å². The number of nitrogens with zero attached hydrogens (tertiary/aromatic N) is 2. The zero-order valence-electron chi connectivity index (χ0n) is 30.3. The summed E-state index contributed by atoms with van der Waals surface area (Å²) < 4.78 is 125. The minimum absolute atomic E-state index is 0.0300. The average Bonchev–Trinajstić information content (AvgIpc) is 3.85. The number of benzene rings is 2. The zero-order valence-corrected chi connectivity index (χ0v) is 30.3. The van der Waals surface area contributed by atoms with Gasteiger partial charge in [0.15, 0.2) is 5.78 Å². The molecule has 2 aromatic carbocycles. The molecule has 1 aliphatic heterocycles. The molecule has 2 heterocycles. The third-order valence-corrected chi connectivity index (χ3v) is 10.0. The number of hydrogen-bond donors (Lipinski definition) is 1. The van der Waals surface area contributed by atoms with Crippen molar-refractivity contribution in [3.63, 3.8) is 0 Å². The lowest BCUT2D eigenvalue weighted by atomic mass is 9.83. The number of Topliss-reactive ketones (excluding diaryl/α,β-unsaturated/α-hetero) is 1. The second-order valence-electron chi connectivity index (χ2n) is 14.7. The highest BCUT2D eigenvalue weighted by molar-refractivity contribution is 5.85. The summed E-state index contributed by atoms with van der Waals surface area (Å²) in [4.78, 5) is 41.5. The molecule has 1 saturated carbocycles. The number of hydrogen-bond acceptors (Lipinski definition) is 5. The fourth-order valence-corrected chi connectivity index (χ4v) is 7.03. The lowest BCUT2D eigenvalue weighted by Crippen LogP contribution is -2.39. The van der Waals surface area contributed by atoms with Crippen LogP contribution in [0.3, 0.4) is 0 Å². The van der Waals surface area contributed by atoms with Gasteiger partial charge in [-0.2, -0.15) is 26.3 Å². The number of likely N-dealkylation sites (tertiary alicyclic amines) is 1. The van der Waals surface area contributed by atoms with Crippen LogP contribution in [-0.2, 0) is 28.4 Å². The molecule has 0 bridgehead atoms. The van der Waals surface area contributed by atoms with Crippen molar-refractivity contribution >= 4 is 11.8 Å². The summed E-state index contributed by atoms with van der Waals surface area (Å²) in [5.41, 5.74) is -5.93. The van der Waals surface area contributed by atoms with Crippen LogP contribution in [0.25, 0.3) is 11.1 Å². The Morgan fingerprint density at radius 1 is 0.944 bits per heavy atom. The Labute approximate surface area is 306 Å². The maximum absolute atomic E-state index is 16.8. The van der Waals surface area contributed by atoms with Crippen molar-refractivity contribution in [2.75, 3.05) is 19.6 Å². The Bertz CT molecular complexity index is 1960. The molecule has 1 unspecified atom stereocenters. The molecular weight excluding hydrogens is 728 g/mol. The summed E-state index contributed by atoms with van der Waals surface area (Å²) in [6.45, 7) is 7.93. The maximum atomic E-state index is 16.8. The van der Waals surface area contributed by atoms with Crippen molar-refractivity contribution in [2.45, 2.75) is 103 Å². The standard InChI is InChI=1S/C39H42F8N2O5/c1-20(2)14-29(49-19-23(10-13-48-11-5-12-48)27(18-32(49)51)38(42,43)44)30(50)15-24(16-33(52)53)35-36(40)26(17-28(37(35)41)39(45,46)47)34-21(3)6-9-31(22(34)4)54-25-7-8-25/h6,9,17-20,24-25,29H,5,7-8,10-16H2,1-4H3,(H,52,53)/t24-,29?/m0/s1. The third-order valence-electron chi connectivity index (χ3n) is 10.0. The lowest BCUT2D eigenvalue weighted by Gasteiger charge is -2.31. The Balaban J connectivity index is 1.63. The van der Waals surface area contributed by atoms with Crippen molar-refractivity contribution in [3.05, 3.63) is 85.8 Å². The van der Waals surface area contributed by atoms with Crippen LogP contribution >= 0.6 is 0 Å². The number of halogens is 8. The lowest BCUT2D eigenvalue weighted by molar-refractivity contribution is -0.140. The second-order valence-corrected chi connectivity index (χ2v) is 14.7. The van der Waals surface area contributed by atoms with E-state index in [1.54, 1.807) is 19.9 Å². The number of rotatable bonds is 15. The molecule has 2 fully saturated rings. The molecule has 1 aliphatic carbocycles. The molecule has 3 aromatic rings. The van der Waals surface area contributed by atoms with Crippen LogP contribution in [-0.4, -0.2) is 52.1 Å². The van der Waals surface area contributed by atoms with E-state index in [0.717, 1.165) is 30.0 Å². The predicted molar refractivity (Wildman–Crippen MR) is 183 cm³/mol. The summed E-state index contributed by atoms with van der Waals surface area (Å²) >= 11 is 0. The van der Waals surface area contributed by atoms with Crippen molar-refractivity contribution in [1.82, 2.24) is 9.47 Å². The number of aromatic nitrogens is 1. The largest absolute Gasteiger partial charge is 0.490 e. The van der Waals surface area contributed by atoms with Crippen molar-refractivity contribution in [3.8, 4) is 16.9 Å². The van der Waals surface area contributed by atoms with Crippen LogP contribution in [0.5, 0.6) is 5.75 Å². The minimum Gasteiger partial charge on any atom is -0.490 e. The smallest absolute Gasteiger partial charge is 0.419 e. The maximum Gasteiger partial charge on any atom is 0.419 e. The molecule has 54 heavy (non-hydrogen) atoms. The highest BCUT2D eigenvalue weighted by Gasteiger charge is 2.41. The van der Waals surface area contributed by atoms with Crippen LogP contribution in [0.15, 0.2) is 35.3 Å². The summed E-state index contributed by atoms with van der Waals surface area (Å²) in [5.74, 6) is -8.38. The number of carboxylic acids is 1. The molecule has 2 atom stereocenters. The van der Waals surface area contributed by atoms with Crippen LogP contribution in [0.1, 0.15) is 97.7 Å². The number of carbonyl (C=O) groups excluding carboxylic acids is 1. The van der Waals surface area contributed by atoms with Gasteiger partial charge in [0.2, 0.25) is 0 Å². The van der Waals surface area contributed by atoms with E-state index in [2.05, 4.69) is 0 Å². The van der Waals surface area contributed by atoms with Crippen molar-refractivity contribution < 1.29 is 54.6 Å². The third kappa shape index (κ3) is 9.15. The molecule has 5 rings (SSSR count). The number of carbonyl (C=O) groups is 2. The Hall–Kier alpha value is -4.27. The first-order valence-electron chi connectivity index (χ1n) is 17.8. The van der Waals surface area contributed by atoms with Gasteiger partial charge in [-0.05, 0) is 99.3 Å². The first-order chi connectivity index (χ1) is 25.2. The van der Waals surface area contributed by atoms with Gasteiger partial charge in [0.25, 0.3) is 5.56 Å². The molecule has 15 heteroatoms. The number of aryl methyl sites for hydroxylation is 1. The van der Waals surface area contributed by atoms with E-state index in [-0.39, 0.29) is 53.8 Å². The second kappa shape index (κ2) is 15.8. The highest BCUT2D eigenvalue weighted by atomic mass is 19.4. The van der Waals surface area contributed by atoms with Crippen LogP contribution < -0.4 is 10.3 Å². The molecule has 2 aliphatic rings. The summed E-state index contributed by atoms with van der Waals surface area (Å²) in [6, 6.07) is 2.25. The van der Waals surface area contributed by atoms with E-state index in [1.165, 1.54) is 19.9 Å². The first kappa shape index (κ1) is 40.9. The number of alkyl halides is 6. The Morgan fingerprint density at radius 2 is 1.59 bits per heavy atom. The molecule has 1 N–H and O–H groups in total. The van der Waals surface area contributed by atoms with E-state index in [4.69, 9.17) is 4.74 Å². The van der Waals surface area contributed by atoms with Crippen molar-refractivity contribution in [2.24, 2.45) is 5.92 Å². The highest BCUT2D eigenvalue weighted by Crippen LogP contribution is 2.45. The van der Waals surface area contributed by atoms with Gasteiger partial charge in [-0.1, -0.05) is 19.9 Å². The van der Waals surface area contributed by atoms with Crippen LogP contribution in [0.2, 0.25) is 0 Å². The predicted octanol–water partition coefficient (Wildman–Crippen LogP) is 9.04. The molecule has 1 saturated heterocycles.